The van der Waals surface area contributed by atoms with E-state index < -0.39 is 30.4 Å². The number of halogens is 3. The highest BCUT2D eigenvalue weighted by molar-refractivity contribution is 8.00. The number of rotatable bonds is 8. The summed E-state index contributed by atoms with van der Waals surface area (Å²) in [7, 11) is 0. The lowest BCUT2D eigenvalue weighted by Crippen LogP contribution is -2.25. The number of hydrogen-bond donors (Lipinski definition) is 2. The van der Waals surface area contributed by atoms with Crippen LogP contribution in [0.5, 0.6) is 5.75 Å². The lowest BCUT2D eigenvalue weighted by Gasteiger charge is -2.08. The molecule has 122 valence electrons. The lowest BCUT2D eigenvalue weighted by molar-refractivity contribution is -0.139. The number of carboxylic acids is 1. The summed E-state index contributed by atoms with van der Waals surface area (Å²) in [5.41, 5.74) is 0.650. The van der Waals surface area contributed by atoms with E-state index in [1.54, 1.807) is 24.3 Å². The average molecular weight is 337 g/mol. The van der Waals surface area contributed by atoms with Crippen molar-refractivity contribution in [3.05, 3.63) is 29.8 Å². The van der Waals surface area contributed by atoms with Gasteiger partial charge < -0.3 is 15.2 Å². The van der Waals surface area contributed by atoms with Gasteiger partial charge in [0.2, 0.25) is 5.91 Å². The quantitative estimate of drug-likeness (QED) is 0.759. The SMILES string of the molecule is O=C(O)COc1cccc(CNC(=O)CSCC(F)(F)F)c1. The molecule has 5 nitrogen and oxygen atoms in total. The maximum atomic E-state index is 11.9. The van der Waals surface area contributed by atoms with Crippen LogP contribution in [0.3, 0.4) is 0 Å². The maximum absolute atomic E-state index is 11.9. The van der Waals surface area contributed by atoms with E-state index in [2.05, 4.69) is 5.32 Å². The second-order valence-electron chi connectivity index (χ2n) is 4.21. The van der Waals surface area contributed by atoms with E-state index in [1.807, 2.05) is 0 Å². The van der Waals surface area contributed by atoms with Gasteiger partial charge in [-0.3, -0.25) is 4.79 Å². The van der Waals surface area contributed by atoms with Crippen LogP contribution in [0, 0.1) is 0 Å². The van der Waals surface area contributed by atoms with Crippen molar-refractivity contribution in [2.24, 2.45) is 0 Å². The number of hydrogen-bond acceptors (Lipinski definition) is 4. The number of carbonyl (C=O) groups is 2. The maximum Gasteiger partial charge on any atom is 0.397 e. The summed E-state index contributed by atoms with van der Waals surface area (Å²) in [5, 5.41) is 11.0. The van der Waals surface area contributed by atoms with Gasteiger partial charge in [0.1, 0.15) is 5.75 Å². The highest BCUT2D eigenvalue weighted by atomic mass is 32.2. The zero-order valence-electron chi connectivity index (χ0n) is 11.4. The molecule has 0 saturated heterocycles. The zero-order chi connectivity index (χ0) is 16.6. The Morgan fingerprint density at radius 1 is 1.32 bits per heavy atom. The van der Waals surface area contributed by atoms with Crippen LogP contribution >= 0.6 is 11.8 Å². The minimum absolute atomic E-state index is 0.121. The topological polar surface area (TPSA) is 75.6 Å². The molecule has 9 heteroatoms. The van der Waals surface area contributed by atoms with Gasteiger partial charge in [0, 0.05) is 6.54 Å². The Morgan fingerprint density at radius 3 is 2.68 bits per heavy atom. The molecule has 0 fully saturated rings. The Balaban J connectivity index is 2.36. The number of benzene rings is 1. The molecule has 0 heterocycles. The minimum atomic E-state index is -4.29. The molecule has 1 aromatic rings. The smallest absolute Gasteiger partial charge is 0.397 e. The predicted octanol–water partition coefficient (Wildman–Crippen LogP) is 2.06. The van der Waals surface area contributed by atoms with Crippen LogP contribution in [0.2, 0.25) is 0 Å². The Kier molecular flexibility index (Phi) is 7.03. The van der Waals surface area contributed by atoms with E-state index >= 15 is 0 Å². The Hall–Kier alpha value is -1.90. The van der Waals surface area contributed by atoms with Crippen LogP contribution < -0.4 is 10.1 Å². The first-order chi connectivity index (χ1) is 10.3. The summed E-state index contributed by atoms with van der Waals surface area (Å²) in [6, 6.07) is 6.41. The van der Waals surface area contributed by atoms with Gasteiger partial charge in [-0.2, -0.15) is 13.2 Å². The summed E-state index contributed by atoms with van der Waals surface area (Å²) in [5.74, 6) is -2.64. The first-order valence-electron chi connectivity index (χ1n) is 6.11. The van der Waals surface area contributed by atoms with E-state index in [1.165, 1.54) is 0 Å². The van der Waals surface area contributed by atoms with Gasteiger partial charge in [0.25, 0.3) is 0 Å². The summed E-state index contributed by atoms with van der Waals surface area (Å²) in [6.45, 7) is -0.362. The molecule has 0 atom stereocenters. The normalized spacial score (nSPS) is 11.0. The summed E-state index contributed by atoms with van der Waals surface area (Å²) >= 11 is 0.491. The summed E-state index contributed by atoms with van der Waals surface area (Å²) in [6.07, 6.45) is -4.29. The van der Waals surface area contributed by atoms with Crippen molar-refractivity contribution in [2.45, 2.75) is 12.7 Å². The second-order valence-corrected chi connectivity index (χ2v) is 5.20. The van der Waals surface area contributed by atoms with Crippen LogP contribution in [0.4, 0.5) is 13.2 Å². The molecule has 0 aromatic heterocycles. The molecule has 0 radical (unpaired) electrons. The van der Waals surface area contributed by atoms with Gasteiger partial charge in [-0.05, 0) is 17.7 Å². The summed E-state index contributed by atoms with van der Waals surface area (Å²) < 4.78 is 40.7. The molecule has 0 aliphatic rings. The van der Waals surface area contributed by atoms with Crippen LogP contribution in [-0.4, -0.2) is 41.3 Å². The number of ether oxygens (including phenoxy) is 1. The molecular weight excluding hydrogens is 323 g/mol. The van der Waals surface area contributed by atoms with E-state index in [4.69, 9.17) is 9.84 Å². The van der Waals surface area contributed by atoms with Crippen LogP contribution in [0.1, 0.15) is 5.56 Å². The monoisotopic (exact) mass is 337 g/mol. The highest BCUT2D eigenvalue weighted by Crippen LogP contribution is 2.20. The number of carbonyl (C=O) groups excluding carboxylic acids is 1. The predicted molar refractivity (Wildman–Crippen MR) is 74.8 cm³/mol. The fourth-order valence-corrected chi connectivity index (χ4v) is 2.02. The first-order valence-corrected chi connectivity index (χ1v) is 7.26. The van der Waals surface area contributed by atoms with Gasteiger partial charge >= 0.3 is 12.1 Å². The number of amides is 1. The van der Waals surface area contributed by atoms with E-state index in [9.17, 15) is 22.8 Å². The van der Waals surface area contributed by atoms with E-state index in [0.29, 0.717) is 23.1 Å². The number of alkyl halides is 3. The highest BCUT2D eigenvalue weighted by Gasteiger charge is 2.27. The molecular formula is C13H14F3NO4S. The summed E-state index contributed by atoms with van der Waals surface area (Å²) in [4.78, 5) is 21.8. The molecule has 0 spiro atoms. The molecule has 1 aromatic carbocycles. The van der Waals surface area contributed by atoms with Gasteiger partial charge in [-0.1, -0.05) is 12.1 Å². The van der Waals surface area contributed by atoms with Crippen molar-refractivity contribution in [3.8, 4) is 5.75 Å². The van der Waals surface area contributed by atoms with Gasteiger partial charge in [0.15, 0.2) is 6.61 Å². The van der Waals surface area contributed by atoms with Crippen molar-refractivity contribution in [1.82, 2.24) is 5.32 Å². The molecule has 0 unspecified atom stereocenters. The zero-order valence-corrected chi connectivity index (χ0v) is 12.2. The minimum Gasteiger partial charge on any atom is -0.482 e. The largest absolute Gasteiger partial charge is 0.482 e. The molecule has 0 bridgehead atoms. The second kappa shape index (κ2) is 8.52. The average Bonchev–Trinajstić information content (AvgIpc) is 2.42. The van der Waals surface area contributed by atoms with Crippen molar-refractivity contribution in [1.29, 1.82) is 0 Å². The molecule has 0 aliphatic carbocycles. The standard InChI is InChI=1S/C13H14F3NO4S/c14-13(15,16)8-22-7-11(18)17-5-9-2-1-3-10(4-9)21-6-12(19)20/h1-4H,5-8H2,(H,17,18)(H,19,20). The third-order valence-corrected chi connectivity index (χ3v) is 3.25. The third kappa shape index (κ3) is 8.40. The van der Waals surface area contributed by atoms with Gasteiger partial charge in [-0.15, -0.1) is 11.8 Å². The number of carboxylic acid groups (broad SMARTS) is 1. The molecule has 2 N–H and O–H groups in total. The van der Waals surface area contributed by atoms with Crippen molar-refractivity contribution in [3.63, 3.8) is 0 Å². The number of thioether (sulfide) groups is 1. The Labute approximate surface area is 128 Å². The van der Waals surface area contributed by atoms with E-state index in [0.717, 1.165) is 0 Å². The van der Waals surface area contributed by atoms with Gasteiger partial charge in [0.05, 0.1) is 11.5 Å². The van der Waals surface area contributed by atoms with Crippen LogP contribution in [0.25, 0.3) is 0 Å². The van der Waals surface area contributed by atoms with Crippen molar-refractivity contribution in [2.75, 3.05) is 18.1 Å². The fraction of sp³-hybridized carbons (Fsp3) is 0.385. The number of aliphatic carboxylic acids is 1. The fourth-order valence-electron chi connectivity index (χ4n) is 1.40. The van der Waals surface area contributed by atoms with Crippen molar-refractivity contribution < 1.29 is 32.6 Å². The van der Waals surface area contributed by atoms with Crippen LogP contribution in [0.15, 0.2) is 24.3 Å². The molecule has 0 saturated carbocycles. The Morgan fingerprint density at radius 2 is 2.05 bits per heavy atom. The molecule has 1 amide bonds. The van der Waals surface area contributed by atoms with E-state index in [-0.39, 0.29) is 12.3 Å². The van der Waals surface area contributed by atoms with Crippen molar-refractivity contribution >= 4 is 23.6 Å². The van der Waals surface area contributed by atoms with Gasteiger partial charge in [-0.25, -0.2) is 4.79 Å². The third-order valence-electron chi connectivity index (χ3n) is 2.25. The first kappa shape index (κ1) is 18.1. The lowest BCUT2D eigenvalue weighted by atomic mass is 10.2. The molecule has 1 rings (SSSR count). The Bertz CT molecular complexity index is 522. The van der Waals surface area contributed by atoms with Crippen LogP contribution in [-0.2, 0) is 16.1 Å². The number of nitrogens with one attached hydrogen (secondary N) is 1. The molecule has 0 aliphatic heterocycles. The molecule has 22 heavy (non-hydrogen) atoms.